The highest BCUT2D eigenvalue weighted by molar-refractivity contribution is 9.10. The van der Waals surface area contributed by atoms with Crippen molar-refractivity contribution >= 4 is 27.8 Å². The predicted molar refractivity (Wildman–Crippen MR) is 82.7 cm³/mol. The monoisotopic (exact) mass is 371 g/mol. The number of carboxylic acid groups (broad SMARTS) is 1. The Morgan fingerprint density at radius 1 is 1.32 bits per heavy atom. The second kappa shape index (κ2) is 8.14. The minimum absolute atomic E-state index is 0.0679. The molecule has 0 aliphatic carbocycles. The molecule has 1 unspecified atom stereocenters. The standard InChI is InChI=1S/C15H18BrNO5/c16-11-1-3-12(4-2-11)22-13(15(19)20)9-17-14(18)10-5-7-21-8-6-10/h1-4,10,13H,5-9H2,(H,17,18)(H,19,20). The molecule has 1 amide bonds. The van der Waals surface area contributed by atoms with Crippen molar-refractivity contribution < 1.29 is 24.2 Å². The summed E-state index contributed by atoms with van der Waals surface area (Å²) in [4.78, 5) is 23.3. The molecule has 1 aliphatic rings. The number of ether oxygens (including phenoxy) is 2. The lowest BCUT2D eigenvalue weighted by Crippen LogP contribution is -2.43. The molecule has 0 aromatic heterocycles. The van der Waals surface area contributed by atoms with E-state index in [2.05, 4.69) is 21.2 Å². The predicted octanol–water partition coefficient (Wildman–Crippen LogP) is 1.82. The van der Waals surface area contributed by atoms with Crippen molar-refractivity contribution in [3.63, 3.8) is 0 Å². The maximum Gasteiger partial charge on any atom is 0.346 e. The van der Waals surface area contributed by atoms with Crippen molar-refractivity contribution in [3.8, 4) is 5.75 Å². The van der Waals surface area contributed by atoms with Crippen molar-refractivity contribution in [2.24, 2.45) is 5.92 Å². The Balaban J connectivity index is 1.87. The number of benzene rings is 1. The normalized spacial score (nSPS) is 16.8. The van der Waals surface area contributed by atoms with E-state index in [9.17, 15) is 14.7 Å². The van der Waals surface area contributed by atoms with Gasteiger partial charge in [-0.25, -0.2) is 4.79 Å². The number of carboxylic acids is 1. The van der Waals surface area contributed by atoms with Gasteiger partial charge in [0.15, 0.2) is 0 Å². The molecule has 2 rings (SSSR count). The second-order valence-corrected chi connectivity index (χ2v) is 5.95. The molecule has 1 fully saturated rings. The topological polar surface area (TPSA) is 84.9 Å². The van der Waals surface area contributed by atoms with Crippen LogP contribution >= 0.6 is 15.9 Å². The lowest BCUT2D eigenvalue weighted by Gasteiger charge is -2.22. The van der Waals surface area contributed by atoms with Crippen molar-refractivity contribution in [3.05, 3.63) is 28.7 Å². The summed E-state index contributed by atoms with van der Waals surface area (Å²) >= 11 is 3.30. The Hall–Kier alpha value is -1.60. The van der Waals surface area contributed by atoms with Crippen LogP contribution in [-0.4, -0.2) is 42.8 Å². The quantitative estimate of drug-likeness (QED) is 0.796. The first-order chi connectivity index (χ1) is 10.6. The zero-order valence-electron chi connectivity index (χ0n) is 12.0. The van der Waals surface area contributed by atoms with E-state index in [4.69, 9.17) is 9.47 Å². The fraction of sp³-hybridized carbons (Fsp3) is 0.467. The number of nitrogens with one attached hydrogen (secondary N) is 1. The van der Waals surface area contributed by atoms with Gasteiger partial charge in [-0.1, -0.05) is 15.9 Å². The minimum atomic E-state index is -1.12. The third kappa shape index (κ3) is 4.99. The molecule has 1 aromatic rings. The van der Waals surface area contributed by atoms with Crippen LogP contribution in [0.4, 0.5) is 0 Å². The van der Waals surface area contributed by atoms with Crippen molar-refractivity contribution in [2.45, 2.75) is 18.9 Å². The summed E-state index contributed by atoms with van der Waals surface area (Å²) in [5.41, 5.74) is 0. The summed E-state index contributed by atoms with van der Waals surface area (Å²) in [6.45, 7) is 1.06. The van der Waals surface area contributed by atoms with E-state index in [1.165, 1.54) is 0 Å². The van der Waals surface area contributed by atoms with Crippen LogP contribution in [0.1, 0.15) is 12.8 Å². The van der Waals surface area contributed by atoms with Crippen LogP contribution in [0.15, 0.2) is 28.7 Å². The molecule has 0 bridgehead atoms. The maximum atomic E-state index is 12.0. The first kappa shape index (κ1) is 16.8. The van der Waals surface area contributed by atoms with E-state index in [-0.39, 0.29) is 18.4 Å². The average molecular weight is 372 g/mol. The minimum Gasteiger partial charge on any atom is -0.478 e. The summed E-state index contributed by atoms with van der Waals surface area (Å²) in [6, 6.07) is 6.85. The molecule has 0 saturated carbocycles. The zero-order chi connectivity index (χ0) is 15.9. The number of aliphatic carboxylic acids is 1. The Morgan fingerprint density at radius 3 is 2.55 bits per heavy atom. The van der Waals surface area contributed by atoms with Crippen LogP contribution in [0, 0.1) is 5.92 Å². The molecule has 120 valence electrons. The van der Waals surface area contributed by atoms with Crippen molar-refractivity contribution in [1.82, 2.24) is 5.32 Å². The Morgan fingerprint density at radius 2 is 1.95 bits per heavy atom. The molecule has 1 aromatic carbocycles. The molecule has 6 nitrogen and oxygen atoms in total. The summed E-state index contributed by atoms with van der Waals surface area (Å²) in [6.07, 6.45) is 0.207. The van der Waals surface area contributed by atoms with Crippen LogP contribution < -0.4 is 10.1 Å². The number of carbonyl (C=O) groups is 2. The van der Waals surface area contributed by atoms with Crippen LogP contribution in [0.5, 0.6) is 5.75 Å². The molecule has 2 N–H and O–H groups in total. The number of rotatable bonds is 6. The fourth-order valence-corrected chi connectivity index (χ4v) is 2.42. The van der Waals surface area contributed by atoms with Crippen molar-refractivity contribution in [1.29, 1.82) is 0 Å². The van der Waals surface area contributed by atoms with Gasteiger partial charge in [-0.2, -0.15) is 0 Å². The molecule has 1 aliphatic heterocycles. The summed E-state index contributed by atoms with van der Waals surface area (Å²) in [5.74, 6) is -0.934. The van der Waals surface area contributed by atoms with Gasteiger partial charge in [0, 0.05) is 23.6 Å². The molecule has 22 heavy (non-hydrogen) atoms. The number of halogens is 1. The zero-order valence-corrected chi connectivity index (χ0v) is 13.5. The van der Waals surface area contributed by atoms with Gasteiger partial charge in [0.25, 0.3) is 0 Å². The molecule has 0 spiro atoms. The van der Waals surface area contributed by atoms with Gasteiger partial charge in [-0.15, -0.1) is 0 Å². The summed E-state index contributed by atoms with van der Waals surface area (Å²) in [7, 11) is 0. The molecule has 0 radical (unpaired) electrons. The van der Waals surface area contributed by atoms with Crippen LogP contribution in [0.3, 0.4) is 0 Å². The Labute approximate surface area is 136 Å². The first-order valence-electron chi connectivity index (χ1n) is 7.07. The first-order valence-corrected chi connectivity index (χ1v) is 7.86. The van der Waals surface area contributed by atoms with Gasteiger partial charge in [0.1, 0.15) is 5.75 Å². The van der Waals surface area contributed by atoms with E-state index in [0.29, 0.717) is 31.8 Å². The van der Waals surface area contributed by atoms with Crippen LogP contribution in [-0.2, 0) is 14.3 Å². The molecule has 1 atom stereocenters. The SMILES string of the molecule is O=C(NCC(Oc1ccc(Br)cc1)C(=O)O)C1CCOCC1. The largest absolute Gasteiger partial charge is 0.478 e. The lowest BCUT2D eigenvalue weighted by atomic mass is 9.99. The smallest absolute Gasteiger partial charge is 0.346 e. The number of hydrogen-bond donors (Lipinski definition) is 2. The lowest BCUT2D eigenvalue weighted by molar-refractivity contribution is -0.145. The van der Waals surface area contributed by atoms with E-state index in [1.807, 2.05) is 0 Å². The van der Waals surface area contributed by atoms with Gasteiger partial charge < -0.3 is 19.9 Å². The van der Waals surface area contributed by atoms with Crippen LogP contribution in [0.2, 0.25) is 0 Å². The summed E-state index contributed by atoms with van der Waals surface area (Å²) < 4.78 is 11.5. The van der Waals surface area contributed by atoms with Gasteiger partial charge in [-0.05, 0) is 37.1 Å². The molecule has 1 heterocycles. The third-order valence-electron chi connectivity index (χ3n) is 3.42. The van der Waals surface area contributed by atoms with Gasteiger partial charge in [-0.3, -0.25) is 4.79 Å². The molecular formula is C15H18BrNO5. The van der Waals surface area contributed by atoms with E-state index in [0.717, 1.165) is 4.47 Å². The Kier molecular flexibility index (Phi) is 6.21. The Bertz CT molecular complexity index is 513. The third-order valence-corrected chi connectivity index (χ3v) is 3.95. The number of carbonyl (C=O) groups excluding carboxylic acids is 1. The van der Waals surface area contributed by atoms with Gasteiger partial charge in [0.05, 0.1) is 6.54 Å². The molecule has 7 heteroatoms. The maximum absolute atomic E-state index is 12.0. The van der Waals surface area contributed by atoms with Gasteiger partial charge >= 0.3 is 5.97 Å². The van der Waals surface area contributed by atoms with Crippen LogP contribution in [0.25, 0.3) is 0 Å². The number of hydrogen-bond acceptors (Lipinski definition) is 4. The van der Waals surface area contributed by atoms with E-state index in [1.54, 1.807) is 24.3 Å². The second-order valence-electron chi connectivity index (χ2n) is 5.03. The highest BCUT2D eigenvalue weighted by atomic mass is 79.9. The summed E-state index contributed by atoms with van der Waals surface area (Å²) in [5, 5.41) is 11.9. The molecule has 1 saturated heterocycles. The average Bonchev–Trinajstić information content (AvgIpc) is 2.53. The fourth-order valence-electron chi connectivity index (χ4n) is 2.15. The highest BCUT2D eigenvalue weighted by Crippen LogP contribution is 2.18. The van der Waals surface area contributed by atoms with E-state index < -0.39 is 12.1 Å². The van der Waals surface area contributed by atoms with Crippen molar-refractivity contribution in [2.75, 3.05) is 19.8 Å². The molecular weight excluding hydrogens is 354 g/mol. The van der Waals surface area contributed by atoms with E-state index >= 15 is 0 Å². The highest BCUT2D eigenvalue weighted by Gasteiger charge is 2.25. The number of amides is 1. The van der Waals surface area contributed by atoms with Gasteiger partial charge in [0.2, 0.25) is 12.0 Å².